The fourth-order valence-corrected chi connectivity index (χ4v) is 2.28. The molecule has 1 unspecified atom stereocenters. The lowest BCUT2D eigenvalue weighted by molar-refractivity contribution is 0.522. The van der Waals surface area contributed by atoms with Crippen LogP contribution in [-0.4, -0.2) is 6.54 Å². The van der Waals surface area contributed by atoms with Gasteiger partial charge in [0.25, 0.3) is 0 Å². The van der Waals surface area contributed by atoms with E-state index in [0.717, 1.165) is 24.6 Å². The molecule has 3 heteroatoms. The topological polar surface area (TPSA) is 12.0 Å². The summed E-state index contributed by atoms with van der Waals surface area (Å²) in [6, 6.07) is 13.7. The Kier molecular flexibility index (Phi) is 5.24. The van der Waals surface area contributed by atoms with Gasteiger partial charge in [-0.3, -0.25) is 0 Å². The van der Waals surface area contributed by atoms with Crippen molar-refractivity contribution in [3.8, 4) is 0 Å². The van der Waals surface area contributed by atoms with Gasteiger partial charge < -0.3 is 5.32 Å². The Balaban J connectivity index is 2.19. The second-order valence-electron chi connectivity index (χ2n) is 4.90. The standard InChI is InChI=1S/C17H19F2N/c1-2-8-20-17(14-6-4-3-5-7-14)11-13-9-15(18)12-16(19)10-13/h3-7,9-10,12,17,20H,2,8,11H2,1H3. The van der Waals surface area contributed by atoms with E-state index in [1.807, 2.05) is 30.3 Å². The quantitative estimate of drug-likeness (QED) is 0.831. The SMILES string of the molecule is CCCNC(Cc1cc(F)cc(F)c1)c1ccccc1. The fraction of sp³-hybridized carbons (Fsp3) is 0.294. The van der Waals surface area contributed by atoms with Crippen molar-refractivity contribution in [2.24, 2.45) is 0 Å². The highest BCUT2D eigenvalue weighted by Gasteiger charge is 2.12. The highest BCUT2D eigenvalue weighted by Crippen LogP contribution is 2.19. The first-order chi connectivity index (χ1) is 9.69. The molecule has 1 nitrogen and oxygen atoms in total. The predicted molar refractivity (Wildman–Crippen MR) is 77.5 cm³/mol. The second kappa shape index (κ2) is 7.15. The zero-order valence-corrected chi connectivity index (χ0v) is 11.6. The molecule has 1 N–H and O–H groups in total. The van der Waals surface area contributed by atoms with Crippen molar-refractivity contribution in [3.63, 3.8) is 0 Å². The molecule has 0 spiro atoms. The fourth-order valence-electron chi connectivity index (χ4n) is 2.28. The summed E-state index contributed by atoms with van der Waals surface area (Å²) in [5.74, 6) is -1.05. The molecule has 2 aromatic rings. The van der Waals surface area contributed by atoms with Gasteiger partial charge in [-0.1, -0.05) is 37.3 Å². The molecule has 0 fully saturated rings. The lowest BCUT2D eigenvalue weighted by Crippen LogP contribution is -2.24. The average molecular weight is 275 g/mol. The molecule has 0 aromatic heterocycles. The summed E-state index contributed by atoms with van der Waals surface area (Å²) >= 11 is 0. The lowest BCUT2D eigenvalue weighted by atomic mass is 9.98. The van der Waals surface area contributed by atoms with Crippen molar-refractivity contribution < 1.29 is 8.78 Å². The van der Waals surface area contributed by atoms with Crippen molar-refractivity contribution in [2.75, 3.05) is 6.54 Å². The smallest absolute Gasteiger partial charge is 0.126 e. The molecule has 0 aliphatic rings. The number of benzene rings is 2. The molecule has 0 saturated heterocycles. The second-order valence-corrected chi connectivity index (χ2v) is 4.90. The molecular formula is C17H19F2N. The molecule has 0 saturated carbocycles. The Morgan fingerprint density at radius 3 is 2.25 bits per heavy atom. The summed E-state index contributed by atoms with van der Waals surface area (Å²) < 4.78 is 26.5. The maximum absolute atomic E-state index is 13.3. The van der Waals surface area contributed by atoms with Gasteiger partial charge in [-0.15, -0.1) is 0 Å². The van der Waals surface area contributed by atoms with E-state index in [0.29, 0.717) is 12.0 Å². The van der Waals surface area contributed by atoms with Gasteiger partial charge in [0.05, 0.1) is 0 Å². The van der Waals surface area contributed by atoms with E-state index in [1.54, 1.807) is 0 Å². The summed E-state index contributed by atoms with van der Waals surface area (Å²) in [5.41, 5.74) is 1.80. The molecule has 20 heavy (non-hydrogen) atoms. The molecule has 0 aliphatic carbocycles. The first-order valence-corrected chi connectivity index (χ1v) is 6.92. The van der Waals surface area contributed by atoms with Crippen LogP contribution in [0.15, 0.2) is 48.5 Å². The molecule has 106 valence electrons. The third-order valence-electron chi connectivity index (χ3n) is 3.20. The normalized spacial score (nSPS) is 12.3. The number of halogens is 2. The van der Waals surface area contributed by atoms with Crippen molar-refractivity contribution >= 4 is 0 Å². The van der Waals surface area contributed by atoms with E-state index in [2.05, 4.69) is 12.2 Å². The Morgan fingerprint density at radius 2 is 1.65 bits per heavy atom. The Morgan fingerprint density at radius 1 is 1.00 bits per heavy atom. The minimum absolute atomic E-state index is 0.0670. The van der Waals surface area contributed by atoms with Gasteiger partial charge in [-0.2, -0.15) is 0 Å². The summed E-state index contributed by atoms with van der Waals surface area (Å²) in [4.78, 5) is 0. The van der Waals surface area contributed by atoms with Gasteiger partial charge in [0.15, 0.2) is 0 Å². The van der Waals surface area contributed by atoms with Gasteiger partial charge in [0.2, 0.25) is 0 Å². The van der Waals surface area contributed by atoms with Gasteiger partial charge in [0, 0.05) is 12.1 Å². The number of rotatable bonds is 6. The van der Waals surface area contributed by atoms with Gasteiger partial charge in [-0.05, 0) is 42.6 Å². The van der Waals surface area contributed by atoms with E-state index < -0.39 is 11.6 Å². The first kappa shape index (κ1) is 14.7. The Hall–Kier alpha value is -1.74. The van der Waals surface area contributed by atoms with Crippen LogP contribution in [-0.2, 0) is 6.42 Å². The third-order valence-corrected chi connectivity index (χ3v) is 3.20. The summed E-state index contributed by atoms with van der Waals surface area (Å²) in [7, 11) is 0. The molecule has 0 aliphatic heterocycles. The highest BCUT2D eigenvalue weighted by molar-refractivity contribution is 5.24. The lowest BCUT2D eigenvalue weighted by Gasteiger charge is -2.19. The summed E-state index contributed by atoms with van der Waals surface area (Å²) in [6.45, 7) is 2.97. The highest BCUT2D eigenvalue weighted by atomic mass is 19.1. The van der Waals surface area contributed by atoms with E-state index in [9.17, 15) is 8.78 Å². The van der Waals surface area contributed by atoms with E-state index in [1.165, 1.54) is 12.1 Å². The van der Waals surface area contributed by atoms with Crippen molar-refractivity contribution in [3.05, 3.63) is 71.3 Å². The largest absolute Gasteiger partial charge is 0.310 e. The van der Waals surface area contributed by atoms with Crippen LogP contribution in [0.1, 0.15) is 30.5 Å². The van der Waals surface area contributed by atoms with Crippen LogP contribution in [0.2, 0.25) is 0 Å². The average Bonchev–Trinajstić information content (AvgIpc) is 2.43. The monoisotopic (exact) mass is 275 g/mol. The van der Waals surface area contributed by atoms with E-state index in [4.69, 9.17) is 0 Å². The van der Waals surface area contributed by atoms with Crippen LogP contribution in [0, 0.1) is 11.6 Å². The first-order valence-electron chi connectivity index (χ1n) is 6.92. The van der Waals surface area contributed by atoms with Crippen LogP contribution in [0.4, 0.5) is 8.78 Å². The Bertz CT molecular complexity index is 520. The number of hydrogen-bond acceptors (Lipinski definition) is 1. The van der Waals surface area contributed by atoms with Gasteiger partial charge in [-0.25, -0.2) is 8.78 Å². The molecule has 0 bridgehead atoms. The van der Waals surface area contributed by atoms with Gasteiger partial charge in [0.1, 0.15) is 11.6 Å². The molecule has 2 rings (SSSR count). The van der Waals surface area contributed by atoms with E-state index in [-0.39, 0.29) is 6.04 Å². The van der Waals surface area contributed by atoms with Crippen molar-refractivity contribution in [1.82, 2.24) is 5.32 Å². The van der Waals surface area contributed by atoms with Crippen LogP contribution < -0.4 is 5.32 Å². The van der Waals surface area contributed by atoms with Crippen molar-refractivity contribution in [2.45, 2.75) is 25.8 Å². The minimum Gasteiger partial charge on any atom is -0.310 e. The third kappa shape index (κ3) is 4.14. The maximum Gasteiger partial charge on any atom is 0.126 e. The minimum atomic E-state index is -0.526. The summed E-state index contributed by atoms with van der Waals surface area (Å²) in [6.07, 6.45) is 1.58. The molecule has 0 radical (unpaired) electrons. The molecule has 1 atom stereocenters. The Labute approximate surface area is 118 Å². The molecule has 2 aromatic carbocycles. The van der Waals surface area contributed by atoms with Crippen LogP contribution in [0.5, 0.6) is 0 Å². The van der Waals surface area contributed by atoms with Crippen LogP contribution in [0.25, 0.3) is 0 Å². The van der Waals surface area contributed by atoms with Crippen molar-refractivity contribution in [1.29, 1.82) is 0 Å². The zero-order valence-electron chi connectivity index (χ0n) is 11.6. The van der Waals surface area contributed by atoms with Gasteiger partial charge >= 0.3 is 0 Å². The maximum atomic E-state index is 13.3. The summed E-state index contributed by atoms with van der Waals surface area (Å²) in [5, 5.41) is 3.43. The van der Waals surface area contributed by atoms with E-state index >= 15 is 0 Å². The van der Waals surface area contributed by atoms with Crippen LogP contribution >= 0.6 is 0 Å². The van der Waals surface area contributed by atoms with Crippen LogP contribution in [0.3, 0.4) is 0 Å². The number of nitrogens with one attached hydrogen (secondary N) is 1. The zero-order chi connectivity index (χ0) is 14.4. The predicted octanol–water partition coefficient (Wildman–Crippen LogP) is 4.25. The number of hydrogen-bond donors (Lipinski definition) is 1. The molecule has 0 amide bonds. The molecular weight excluding hydrogens is 256 g/mol. The molecule has 0 heterocycles.